The summed E-state index contributed by atoms with van der Waals surface area (Å²) < 4.78 is 6.00. The normalized spacial score (nSPS) is 22.2. The Kier molecular flexibility index (Phi) is 4.52. The maximum absolute atomic E-state index is 10.2. The van der Waals surface area contributed by atoms with Crippen LogP contribution in [0.15, 0.2) is 48.7 Å². The number of hydrogen-bond donors (Lipinski definition) is 2. The summed E-state index contributed by atoms with van der Waals surface area (Å²) in [5.74, 6) is 1.32. The van der Waals surface area contributed by atoms with Crippen LogP contribution in [-0.2, 0) is 0 Å². The lowest BCUT2D eigenvalue weighted by Gasteiger charge is -2.58. The molecule has 3 N–H and O–H groups in total. The number of pyridine rings is 1. The van der Waals surface area contributed by atoms with Gasteiger partial charge in [-0.15, -0.1) is 10.2 Å². The number of piperidine rings is 1. The van der Waals surface area contributed by atoms with Gasteiger partial charge in [0.2, 0.25) is 5.88 Å². The molecule has 164 valence electrons. The molecule has 1 aliphatic carbocycles. The van der Waals surface area contributed by atoms with Crippen molar-refractivity contribution in [1.29, 1.82) is 0 Å². The molecule has 2 atom stereocenters. The molecular formula is C24H26N6O2. The lowest BCUT2D eigenvalue weighted by Crippen LogP contribution is -2.69. The summed E-state index contributed by atoms with van der Waals surface area (Å²) in [4.78, 5) is 9.16. The van der Waals surface area contributed by atoms with Crippen LogP contribution in [0, 0.1) is 0 Å². The van der Waals surface area contributed by atoms with Crippen LogP contribution in [0.1, 0.15) is 25.7 Å². The Balaban J connectivity index is 1.21. The standard InChI is InChI=1S/C24H26N6O2/c25-24-21(12-20(27-28-24)19-6-1-2-7-22(19)31)29-13-16-10-17(14-29)30(16)15-8-9-26-23(11-15)32-18-4-3-5-18/h1-2,6-9,11-12,16-18,31H,3-5,10,13-14H2,(H2,25,28). The van der Waals surface area contributed by atoms with Crippen molar-refractivity contribution in [2.24, 2.45) is 0 Å². The summed E-state index contributed by atoms with van der Waals surface area (Å²) in [6.07, 6.45) is 6.82. The minimum absolute atomic E-state index is 0.183. The van der Waals surface area contributed by atoms with Crippen molar-refractivity contribution in [2.45, 2.75) is 43.9 Å². The second kappa shape index (κ2) is 7.55. The number of fused-ring (bicyclic) bond motifs is 2. The first kappa shape index (κ1) is 19.2. The van der Waals surface area contributed by atoms with Crippen LogP contribution in [-0.4, -0.2) is 51.6 Å². The molecule has 7 rings (SSSR count). The van der Waals surface area contributed by atoms with Gasteiger partial charge in [0.1, 0.15) is 11.9 Å². The predicted octanol–water partition coefficient (Wildman–Crippen LogP) is 3.23. The van der Waals surface area contributed by atoms with E-state index in [2.05, 4.69) is 37.1 Å². The Morgan fingerprint density at radius 3 is 2.59 bits per heavy atom. The van der Waals surface area contributed by atoms with E-state index in [1.54, 1.807) is 12.1 Å². The van der Waals surface area contributed by atoms with Gasteiger partial charge in [-0.2, -0.15) is 0 Å². The molecule has 1 saturated carbocycles. The first-order chi connectivity index (χ1) is 15.7. The monoisotopic (exact) mass is 430 g/mol. The number of nitrogen functional groups attached to an aromatic ring is 1. The second-order valence-electron chi connectivity index (χ2n) is 8.90. The van der Waals surface area contributed by atoms with Gasteiger partial charge in [0, 0.05) is 48.7 Å². The fraction of sp³-hybridized carbons (Fsp3) is 0.375. The van der Waals surface area contributed by atoms with Gasteiger partial charge < -0.3 is 25.4 Å². The van der Waals surface area contributed by atoms with Gasteiger partial charge in [0.25, 0.3) is 0 Å². The zero-order valence-corrected chi connectivity index (χ0v) is 17.8. The van der Waals surface area contributed by atoms with Crippen LogP contribution < -0.4 is 20.3 Å². The lowest BCUT2D eigenvalue weighted by atomic mass is 9.86. The molecule has 1 aromatic carbocycles. The smallest absolute Gasteiger partial charge is 0.215 e. The Hall–Kier alpha value is -3.55. The van der Waals surface area contributed by atoms with Gasteiger partial charge in [0.05, 0.1) is 11.4 Å². The number of para-hydroxylation sites is 1. The van der Waals surface area contributed by atoms with Gasteiger partial charge in [-0.05, 0) is 49.9 Å². The SMILES string of the molecule is Nc1nnc(-c2ccccc2O)cc1N1CC2CC(C1)N2c1ccnc(OC2CCC2)c1. The number of aromatic nitrogens is 3. The van der Waals surface area contributed by atoms with Crippen molar-refractivity contribution in [3.63, 3.8) is 0 Å². The van der Waals surface area contributed by atoms with Crippen molar-refractivity contribution >= 4 is 17.2 Å². The lowest BCUT2D eigenvalue weighted by molar-refractivity contribution is 0.114. The maximum Gasteiger partial charge on any atom is 0.215 e. The van der Waals surface area contributed by atoms with Crippen LogP contribution in [0.25, 0.3) is 11.3 Å². The van der Waals surface area contributed by atoms with E-state index in [1.807, 2.05) is 24.4 Å². The van der Waals surface area contributed by atoms with E-state index in [4.69, 9.17) is 10.5 Å². The molecule has 8 heteroatoms. The molecule has 2 unspecified atom stereocenters. The fourth-order valence-electron chi connectivity index (χ4n) is 4.98. The van der Waals surface area contributed by atoms with E-state index in [0.29, 0.717) is 35.3 Å². The van der Waals surface area contributed by atoms with E-state index in [1.165, 1.54) is 12.1 Å². The quantitative estimate of drug-likeness (QED) is 0.636. The first-order valence-corrected chi connectivity index (χ1v) is 11.2. The van der Waals surface area contributed by atoms with Gasteiger partial charge in [-0.3, -0.25) is 0 Å². The molecule has 4 fully saturated rings. The van der Waals surface area contributed by atoms with Gasteiger partial charge in [0.15, 0.2) is 5.82 Å². The van der Waals surface area contributed by atoms with Crippen molar-refractivity contribution in [3.05, 3.63) is 48.7 Å². The highest BCUT2D eigenvalue weighted by molar-refractivity contribution is 5.74. The zero-order chi connectivity index (χ0) is 21.7. The Morgan fingerprint density at radius 2 is 1.84 bits per heavy atom. The molecule has 4 aliphatic rings. The molecule has 0 amide bonds. The Bertz CT molecular complexity index is 1140. The third kappa shape index (κ3) is 3.26. The van der Waals surface area contributed by atoms with E-state index in [9.17, 15) is 5.11 Å². The summed E-state index contributed by atoms with van der Waals surface area (Å²) in [6, 6.07) is 14.0. The van der Waals surface area contributed by atoms with E-state index in [-0.39, 0.29) is 5.75 Å². The molecule has 3 saturated heterocycles. The van der Waals surface area contributed by atoms with Crippen molar-refractivity contribution in [1.82, 2.24) is 15.2 Å². The average molecular weight is 431 g/mol. The number of hydrogen-bond acceptors (Lipinski definition) is 8. The number of phenolic OH excluding ortho intramolecular Hbond substituents is 1. The summed E-state index contributed by atoms with van der Waals surface area (Å²) in [5.41, 5.74) is 9.53. The number of piperazine rings is 1. The third-order valence-electron chi connectivity index (χ3n) is 6.87. The Morgan fingerprint density at radius 1 is 1.03 bits per heavy atom. The number of aromatic hydroxyl groups is 1. The largest absolute Gasteiger partial charge is 0.507 e. The van der Waals surface area contributed by atoms with Gasteiger partial charge in [-0.25, -0.2) is 4.98 Å². The predicted molar refractivity (Wildman–Crippen MR) is 123 cm³/mol. The van der Waals surface area contributed by atoms with E-state index in [0.717, 1.165) is 43.9 Å². The van der Waals surface area contributed by atoms with E-state index < -0.39 is 0 Å². The summed E-state index contributed by atoms with van der Waals surface area (Å²) in [5, 5.41) is 18.6. The first-order valence-electron chi connectivity index (χ1n) is 11.2. The number of anilines is 3. The van der Waals surface area contributed by atoms with Crippen LogP contribution >= 0.6 is 0 Å². The average Bonchev–Trinajstić information content (AvgIpc) is 2.77. The highest BCUT2D eigenvalue weighted by Crippen LogP contribution is 2.41. The summed E-state index contributed by atoms with van der Waals surface area (Å²) >= 11 is 0. The van der Waals surface area contributed by atoms with Crippen molar-refractivity contribution in [2.75, 3.05) is 28.6 Å². The van der Waals surface area contributed by atoms with Gasteiger partial charge >= 0.3 is 0 Å². The topological polar surface area (TPSA) is 101 Å². The summed E-state index contributed by atoms with van der Waals surface area (Å²) in [6.45, 7) is 1.71. The minimum Gasteiger partial charge on any atom is -0.507 e. The summed E-state index contributed by atoms with van der Waals surface area (Å²) in [7, 11) is 0. The zero-order valence-electron chi connectivity index (χ0n) is 17.8. The number of benzene rings is 1. The van der Waals surface area contributed by atoms with Crippen LogP contribution in [0.5, 0.6) is 11.6 Å². The molecule has 0 spiro atoms. The number of phenols is 1. The van der Waals surface area contributed by atoms with Crippen LogP contribution in [0.3, 0.4) is 0 Å². The molecule has 8 nitrogen and oxygen atoms in total. The molecule has 3 aromatic rings. The van der Waals surface area contributed by atoms with E-state index >= 15 is 0 Å². The van der Waals surface area contributed by atoms with Crippen molar-refractivity contribution in [3.8, 4) is 22.9 Å². The molecule has 2 bridgehead atoms. The number of nitrogens with zero attached hydrogens (tertiary/aromatic N) is 5. The van der Waals surface area contributed by atoms with Crippen molar-refractivity contribution < 1.29 is 9.84 Å². The fourth-order valence-corrected chi connectivity index (χ4v) is 4.98. The Labute approximate surface area is 186 Å². The van der Waals surface area contributed by atoms with Crippen LogP contribution in [0.4, 0.5) is 17.2 Å². The molecular weight excluding hydrogens is 404 g/mol. The molecule has 3 aliphatic heterocycles. The third-order valence-corrected chi connectivity index (χ3v) is 6.87. The molecule has 32 heavy (non-hydrogen) atoms. The molecule has 5 heterocycles. The number of ether oxygens (including phenoxy) is 1. The van der Waals surface area contributed by atoms with Gasteiger partial charge in [-0.1, -0.05) is 12.1 Å². The maximum atomic E-state index is 10.2. The van der Waals surface area contributed by atoms with Crippen LogP contribution in [0.2, 0.25) is 0 Å². The molecule has 2 aromatic heterocycles. The number of nitrogens with two attached hydrogens (primary N) is 1. The number of rotatable bonds is 5. The highest BCUT2D eigenvalue weighted by Gasteiger charge is 2.45. The minimum atomic E-state index is 0.183. The highest BCUT2D eigenvalue weighted by atomic mass is 16.5. The molecule has 0 radical (unpaired) electrons. The second-order valence-corrected chi connectivity index (χ2v) is 8.90.